The monoisotopic (exact) mass is 1090 g/mol. The van der Waals surface area contributed by atoms with E-state index in [4.69, 9.17) is 18.9 Å². The van der Waals surface area contributed by atoms with Crippen molar-refractivity contribution in [1.82, 2.24) is 35.0 Å². The third kappa shape index (κ3) is 9.24. The zero-order valence-electron chi connectivity index (χ0n) is 44.9. The lowest BCUT2D eigenvalue weighted by molar-refractivity contribution is -0.179. The van der Waals surface area contributed by atoms with Crippen molar-refractivity contribution in [3.05, 3.63) is 215 Å². The number of aromatic nitrogens is 3. The highest BCUT2D eigenvalue weighted by Gasteiger charge is 2.76. The average molecular weight is 1100 g/mol. The summed E-state index contributed by atoms with van der Waals surface area (Å²) in [5.74, 6) is 5.04. The zero-order valence-corrected chi connectivity index (χ0v) is 44.9. The number of nitrogens with zero attached hydrogens (tertiary/aromatic N) is 7. The number of hydrogen-bond acceptors (Lipinski definition) is 13. The van der Waals surface area contributed by atoms with Gasteiger partial charge >= 0.3 is 12.0 Å². The normalized spacial score (nSPS) is 22.3. The summed E-state index contributed by atoms with van der Waals surface area (Å²) in [6, 6.07) is 50.0. The molecule has 2 N–H and O–H groups in total. The highest BCUT2D eigenvalue weighted by Crippen LogP contribution is 2.66. The molecule has 0 bridgehead atoms. The van der Waals surface area contributed by atoms with Crippen molar-refractivity contribution >= 4 is 40.5 Å². The van der Waals surface area contributed by atoms with Crippen molar-refractivity contribution in [2.75, 3.05) is 51.1 Å². The van der Waals surface area contributed by atoms with Gasteiger partial charge in [-0.1, -0.05) is 138 Å². The summed E-state index contributed by atoms with van der Waals surface area (Å²) in [6.07, 6.45) is -0.929. The van der Waals surface area contributed by atoms with Gasteiger partial charge < -0.3 is 34.3 Å². The number of rotatable bonds is 12. The average Bonchev–Trinajstić information content (AvgIpc) is 1.83. The number of benzene rings is 7. The molecular weight excluding hydrogens is 1040 g/mol. The summed E-state index contributed by atoms with van der Waals surface area (Å²) in [7, 11) is 0. The summed E-state index contributed by atoms with van der Waals surface area (Å²) in [5.41, 5.74) is 4.40. The minimum Gasteiger partial charge on any atom is -0.491 e. The molecule has 7 aromatic carbocycles. The fraction of sp³-hybridized carbons (Fsp3) is 0.262. The van der Waals surface area contributed by atoms with E-state index in [0.717, 1.165) is 32.6 Å². The number of anilines is 1. The smallest absolute Gasteiger partial charge is 0.329 e. The molecule has 0 saturated carbocycles. The Kier molecular flexibility index (Phi) is 13.9. The number of hydrogen-bond donors (Lipinski definition) is 2. The molecule has 5 aliphatic rings. The first-order chi connectivity index (χ1) is 40.2. The highest BCUT2D eigenvalue weighted by atomic mass is 16.7. The van der Waals surface area contributed by atoms with Crippen LogP contribution in [0.15, 0.2) is 176 Å². The topological polar surface area (TPSA) is 181 Å². The Hall–Kier alpha value is -9.34. The molecule has 1 spiro atoms. The first kappa shape index (κ1) is 52.1. The predicted molar refractivity (Wildman–Crippen MR) is 303 cm³/mol. The quantitative estimate of drug-likeness (QED) is 0.0887. The molecule has 3 fully saturated rings. The summed E-state index contributed by atoms with van der Waals surface area (Å²) in [6.45, 7) is 3.98. The van der Waals surface area contributed by atoms with E-state index in [0.29, 0.717) is 59.1 Å². The standard InChI is InChI=1S/C65H58N8O9/c1-42(45-16-5-2-6-17-45)66-64(78)72-52-28-26-43(15-14-30-71-53-25-12-11-24-51(53)67-68-71)37-50(52)65(63(72)77)56(61(75)70-33-31-69(32-34-70)40-44-27-29-54-55(38-44)81-41-80-54)58-62(76)82-59(47-20-9-4-10-21-47)57(46-18-7-3-8-19-46)73(58)60(65)48-22-13-23-49(39-48)79-36-35-74/h2-13,16-29,37-39,42,56-60,74H,30-36,40-41H2,1H3,(H,66,78). The van der Waals surface area contributed by atoms with Crippen LogP contribution in [0.5, 0.6) is 17.2 Å². The fourth-order valence-corrected chi connectivity index (χ4v) is 12.8. The Morgan fingerprint density at radius 2 is 1.49 bits per heavy atom. The summed E-state index contributed by atoms with van der Waals surface area (Å²) < 4.78 is 25.9. The van der Waals surface area contributed by atoms with Gasteiger partial charge in [0.1, 0.15) is 42.0 Å². The number of carbonyl (C=O) groups is 4. The summed E-state index contributed by atoms with van der Waals surface area (Å²) in [4.78, 5) is 72.4. The summed E-state index contributed by atoms with van der Waals surface area (Å²) >= 11 is 0. The molecule has 82 heavy (non-hydrogen) atoms. The maximum atomic E-state index is 17.1. The van der Waals surface area contributed by atoms with Crippen LogP contribution in [0.4, 0.5) is 10.5 Å². The largest absolute Gasteiger partial charge is 0.491 e. The maximum absolute atomic E-state index is 17.1. The molecule has 8 aromatic rings. The number of aliphatic hydroxyl groups excluding tert-OH is 1. The van der Waals surface area contributed by atoms with Gasteiger partial charge in [-0.05, 0) is 94.9 Å². The minimum atomic E-state index is -2.04. The number of ether oxygens (including phenoxy) is 4. The van der Waals surface area contributed by atoms with E-state index < -0.39 is 65.4 Å². The van der Waals surface area contributed by atoms with Gasteiger partial charge in [0.15, 0.2) is 11.5 Å². The van der Waals surface area contributed by atoms with Crippen molar-refractivity contribution in [2.24, 2.45) is 5.92 Å². The lowest BCUT2D eigenvalue weighted by atomic mass is 9.64. The molecule has 4 amide bonds. The molecule has 7 atom stereocenters. The molecule has 5 aliphatic heterocycles. The molecule has 0 aliphatic carbocycles. The lowest BCUT2D eigenvalue weighted by Gasteiger charge is -2.46. The van der Waals surface area contributed by atoms with Crippen LogP contribution in [0.2, 0.25) is 0 Å². The Balaban J connectivity index is 1.01. The molecular formula is C65H58N8O9. The molecule has 0 radical (unpaired) electrons. The number of esters is 1. The van der Waals surface area contributed by atoms with Crippen LogP contribution in [0.25, 0.3) is 11.0 Å². The van der Waals surface area contributed by atoms with Crippen molar-refractivity contribution < 1.29 is 43.2 Å². The highest BCUT2D eigenvalue weighted by molar-refractivity contribution is 6.24. The van der Waals surface area contributed by atoms with Crippen molar-refractivity contribution in [3.8, 4) is 29.1 Å². The van der Waals surface area contributed by atoms with Crippen molar-refractivity contribution in [3.63, 3.8) is 0 Å². The molecule has 412 valence electrons. The number of aliphatic hydroxyl groups is 1. The van der Waals surface area contributed by atoms with E-state index in [1.165, 1.54) is 0 Å². The van der Waals surface area contributed by atoms with Crippen LogP contribution < -0.4 is 24.4 Å². The number of carbonyl (C=O) groups excluding carboxylic acids is 4. The van der Waals surface area contributed by atoms with Crippen LogP contribution in [0, 0.1) is 17.8 Å². The Morgan fingerprint density at radius 3 is 2.27 bits per heavy atom. The predicted octanol–water partition coefficient (Wildman–Crippen LogP) is 8.06. The number of morpholine rings is 1. The Labute approximate surface area is 473 Å². The van der Waals surface area contributed by atoms with Gasteiger partial charge in [-0.25, -0.2) is 14.4 Å². The number of cyclic esters (lactones) is 1. The number of para-hydroxylation sites is 1. The van der Waals surface area contributed by atoms with Gasteiger partial charge in [0.25, 0.3) is 0 Å². The molecule has 17 nitrogen and oxygen atoms in total. The number of piperazine rings is 1. The third-order valence-electron chi connectivity index (χ3n) is 16.5. The molecule has 3 saturated heterocycles. The minimum absolute atomic E-state index is 0.0237. The number of imide groups is 1. The van der Waals surface area contributed by atoms with Gasteiger partial charge in [-0.3, -0.25) is 24.2 Å². The molecule has 13 rings (SSSR count). The van der Waals surface area contributed by atoms with Crippen LogP contribution in [0.3, 0.4) is 0 Å². The van der Waals surface area contributed by atoms with E-state index >= 15 is 19.2 Å². The van der Waals surface area contributed by atoms with Crippen LogP contribution >= 0.6 is 0 Å². The van der Waals surface area contributed by atoms with Gasteiger partial charge in [-0.15, -0.1) is 5.10 Å². The second-order valence-electron chi connectivity index (χ2n) is 21.2. The number of urea groups is 1. The van der Waals surface area contributed by atoms with E-state index in [2.05, 4.69) is 32.4 Å². The lowest BCUT2D eigenvalue weighted by Crippen LogP contribution is -2.59. The molecule has 1 aromatic heterocycles. The molecule has 7 unspecified atom stereocenters. The Morgan fingerprint density at radius 1 is 0.768 bits per heavy atom. The van der Waals surface area contributed by atoms with Gasteiger partial charge in [0.05, 0.1) is 41.9 Å². The van der Waals surface area contributed by atoms with Crippen LogP contribution in [0.1, 0.15) is 70.1 Å². The van der Waals surface area contributed by atoms with Gasteiger partial charge in [0.2, 0.25) is 18.6 Å². The summed E-state index contributed by atoms with van der Waals surface area (Å²) in [5, 5.41) is 21.8. The first-order valence-electron chi connectivity index (χ1n) is 27.6. The van der Waals surface area contributed by atoms with E-state index in [9.17, 15) is 5.11 Å². The van der Waals surface area contributed by atoms with Crippen LogP contribution in [-0.2, 0) is 37.6 Å². The zero-order chi connectivity index (χ0) is 55.9. The maximum Gasteiger partial charge on any atom is 0.329 e. The van der Waals surface area contributed by atoms with Crippen LogP contribution in [-0.4, -0.2) is 111 Å². The van der Waals surface area contributed by atoms with Gasteiger partial charge in [-0.2, -0.15) is 0 Å². The Bertz CT molecular complexity index is 3790. The van der Waals surface area contributed by atoms with E-state index in [1.54, 1.807) is 39.9 Å². The number of fused-ring (bicyclic) bond motifs is 5. The van der Waals surface area contributed by atoms with E-state index in [1.807, 2.05) is 157 Å². The number of amides is 4. The number of nitrogens with one attached hydrogen (secondary N) is 1. The molecule has 17 heteroatoms. The van der Waals surface area contributed by atoms with E-state index in [-0.39, 0.29) is 45.3 Å². The van der Waals surface area contributed by atoms with Crippen molar-refractivity contribution in [1.29, 1.82) is 0 Å². The molecule has 6 heterocycles. The second kappa shape index (κ2) is 22.0. The third-order valence-corrected chi connectivity index (χ3v) is 16.5. The SMILES string of the molecule is CC(NC(=O)N1C(=O)C2(c3cc(C#CCn4nnc5ccccc54)ccc31)C(C(=O)N1CCN(Cc3ccc4c(c3)OCO4)CC1)C1C(=O)OC(c3ccccc3)C(c3ccccc3)N1C2c1cccc(OCCO)c1)c1ccccc1. The first-order valence-corrected chi connectivity index (χ1v) is 27.6. The van der Waals surface area contributed by atoms with Crippen molar-refractivity contribution in [2.45, 2.75) is 55.7 Å². The van der Waals surface area contributed by atoms with Gasteiger partial charge in [0, 0.05) is 38.3 Å². The second-order valence-corrected chi connectivity index (χ2v) is 21.2. The fourth-order valence-electron chi connectivity index (χ4n) is 12.8.